The Hall–Kier alpha value is -1.52. The van der Waals surface area contributed by atoms with Gasteiger partial charge in [0, 0.05) is 11.6 Å². The molecule has 1 N–H and O–H groups in total. The number of aromatic nitrogens is 1. The minimum atomic E-state index is -0.192. The number of benzene rings is 1. The lowest BCUT2D eigenvalue weighted by molar-refractivity contribution is 0.111. The van der Waals surface area contributed by atoms with Gasteiger partial charge in [0.2, 0.25) is 0 Å². The van der Waals surface area contributed by atoms with Gasteiger partial charge in [-0.3, -0.25) is 4.79 Å². The van der Waals surface area contributed by atoms with Crippen LogP contribution in [0.3, 0.4) is 0 Å². The van der Waals surface area contributed by atoms with Gasteiger partial charge in [0.1, 0.15) is 5.69 Å². The first-order valence-corrected chi connectivity index (χ1v) is 4.97. The predicted octanol–water partition coefficient (Wildman–Crippen LogP) is 3.17. The molecule has 2 aromatic rings. The lowest BCUT2D eigenvalue weighted by Gasteiger charge is -2.01. The molecule has 0 bridgehead atoms. The van der Waals surface area contributed by atoms with E-state index in [2.05, 4.69) is 5.16 Å². The van der Waals surface area contributed by atoms with Crippen molar-refractivity contribution in [2.24, 2.45) is 0 Å². The Morgan fingerprint density at radius 3 is 2.38 bits per heavy atom. The van der Waals surface area contributed by atoms with Crippen molar-refractivity contribution >= 4 is 29.5 Å². The average Bonchev–Trinajstić information content (AvgIpc) is 2.73. The summed E-state index contributed by atoms with van der Waals surface area (Å²) in [6, 6.07) is 4.39. The molecular formula is C10H5Cl2NO3. The van der Waals surface area contributed by atoms with Crippen LogP contribution in [0.2, 0.25) is 10.0 Å². The summed E-state index contributed by atoms with van der Waals surface area (Å²) < 4.78 is 4.91. The van der Waals surface area contributed by atoms with Gasteiger partial charge in [0.05, 0.1) is 10.0 Å². The second kappa shape index (κ2) is 4.15. The van der Waals surface area contributed by atoms with E-state index in [1.165, 1.54) is 18.2 Å². The molecule has 4 nitrogen and oxygen atoms in total. The molecule has 0 aliphatic carbocycles. The quantitative estimate of drug-likeness (QED) is 0.840. The second-order valence-electron chi connectivity index (χ2n) is 3.02. The van der Waals surface area contributed by atoms with Gasteiger partial charge in [0.15, 0.2) is 17.8 Å². The fourth-order valence-corrected chi connectivity index (χ4v) is 1.68. The van der Waals surface area contributed by atoms with Crippen LogP contribution in [0, 0.1) is 0 Å². The Kier molecular flexibility index (Phi) is 2.85. The molecule has 2 rings (SSSR count). The van der Waals surface area contributed by atoms with Crippen LogP contribution in [0.4, 0.5) is 0 Å². The van der Waals surface area contributed by atoms with Crippen molar-refractivity contribution < 1.29 is 14.4 Å². The van der Waals surface area contributed by atoms with Gasteiger partial charge < -0.3 is 9.63 Å². The van der Waals surface area contributed by atoms with Crippen LogP contribution in [0.25, 0.3) is 11.3 Å². The van der Waals surface area contributed by atoms with Gasteiger partial charge in [-0.15, -0.1) is 0 Å². The van der Waals surface area contributed by atoms with Crippen LogP contribution in [-0.4, -0.2) is 16.5 Å². The summed E-state index contributed by atoms with van der Waals surface area (Å²) in [5.74, 6) is 0.160. The highest BCUT2D eigenvalue weighted by molar-refractivity contribution is 6.37. The predicted molar refractivity (Wildman–Crippen MR) is 59.0 cm³/mol. The van der Waals surface area contributed by atoms with E-state index >= 15 is 0 Å². The number of phenolic OH excluding ortho intramolecular Hbond substituents is 1. The third kappa shape index (κ3) is 1.89. The van der Waals surface area contributed by atoms with Gasteiger partial charge in [-0.1, -0.05) is 28.4 Å². The number of halogens is 2. The summed E-state index contributed by atoms with van der Waals surface area (Å²) in [4.78, 5) is 10.4. The first-order valence-electron chi connectivity index (χ1n) is 4.22. The first kappa shape index (κ1) is 11.0. The van der Waals surface area contributed by atoms with E-state index in [1.807, 2.05) is 0 Å². The van der Waals surface area contributed by atoms with Crippen molar-refractivity contribution in [2.75, 3.05) is 0 Å². The Morgan fingerprint density at radius 2 is 1.88 bits per heavy atom. The molecule has 0 radical (unpaired) electrons. The third-order valence-corrected chi connectivity index (χ3v) is 2.53. The second-order valence-corrected chi connectivity index (χ2v) is 3.84. The largest absolute Gasteiger partial charge is 0.505 e. The Labute approximate surface area is 100 Å². The smallest absolute Gasteiger partial charge is 0.171 e. The zero-order valence-electron chi connectivity index (χ0n) is 7.78. The summed E-state index contributed by atoms with van der Waals surface area (Å²) in [6.45, 7) is 0. The number of rotatable bonds is 2. The number of carbonyl (C=O) groups excluding carboxylic acids is 1. The van der Waals surface area contributed by atoms with E-state index in [0.29, 0.717) is 17.6 Å². The zero-order valence-corrected chi connectivity index (χ0v) is 9.29. The molecule has 6 heteroatoms. The number of phenols is 1. The van der Waals surface area contributed by atoms with Crippen molar-refractivity contribution in [1.29, 1.82) is 0 Å². The van der Waals surface area contributed by atoms with Crippen LogP contribution < -0.4 is 0 Å². The molecule has 0 spiro atoms. The zero-order chi connectivity index (χ0) is 11.7. The molecule has 0 aliphatic rings. The SMILES string of the molecule is O=Cc1cc(-c2cc(Cl)c(O)c(Cl)c2)on1. The van der Waals surface area contributed by atoms with Crippen LogP contribution in [0.1, 0.15) is 10.5 Å². The summed E-state index contributed by atoms with van der Waals surface area (Å²) in [7, 11) is 0. The monoisotopic (exact) mass is 257 g/mol. The number of carbonyl (C=O) groups is 1. The van der Waals surface area contributed by atoms with E-state index < -0.39 is 0 Å². The van der Waals surface area contributed by atoms with Crippen molar-refractivity contribution in [3.63, 3.8) is 0 Å². The third-order valence-electron chi connectivity index (χ3n) is 1.95. The fourth-order valence-electron chi connectivity index (χ4n) is 1.19. The molecule has 16 heavy (non-hydrogen) atoms. The van der Waals surface area contributed by atoms with Gasteiger partial charge in [0.25, 0.3) is 0 Å². The highest BCUT2D eigenvalue weighted by Crippen LogP contribution is 2.36. The molecule has 0 unspecified atom stereocenters. The molecule has 1 aromatic carbocycles. The van der Waals surface area contributed by atoms with Gasteiger partial charge in [-0.25, -0.2) is 0 Å². The molecule has 0 saturated carbocycles. The highest BCUT2D eigenvalue weighted by atomic mass is 35.5. The molecule has 1 aromatic heterocycles. The van der Waals surface area contributed by atoms with E-state index in [1.54, 1.807) is 0 Å². The van der Waals surface area contributed by atoms with Crippen LogP contribution in [0.5, 0.6) is 5.75 Å². The van der Waals surface area contributed by atoms with Crippen LogP contribution in [-0.2, 0) is 0 Å². The van der Waals surface area contributed by atoms with E-state index in [9.17, 15) is 9.90 Å². The highest BCUT2D eigenvalue weighted by Gasteiger charge is 2.11. The maximum Gasteiger partial charge on any atom is 0.171 e. The minimum absolute atomic E-state index is 0.103. The van der Waals surface area contributed by atoms with Crippen molar-refractivity contribution in [2.45, 2.75) is 0 Å². The van der Waals surface area contributed by atoms with E-state index in [0.717, 1.165) is 0 Å². The minimum Gasteiger partial charge on any atom is -0.505 e. The van der Waals surface area contributed by atoms with Crippen LogP contribution >= 0.6 is 23.2 Å². The number of aromatic hydroxyl groups is 1. The number of hydrogen-bond donors (Lipinski definition) is 1. The summed E-state index contributed by atoms with van der Waals surface area (Å²) >= 11 is 11.5. The molecule has 0 saturated heterocycles. The molecular weight excluding hydrogens is 253 g/mol. The Balaban J connectivity index is 2.52. The lowest BCUT2D eigenvalue weighted by atomic mass is 10.1. The van der Waals surface area contributed by atoms with E-state index in [-0.39, 0.29) is 21.5 Å². The van der Waals surface area contributed by atoms with Crippen molar-refractivity contribution in [1.82, 2.24) is 5.16 Å². The molecule has 0 aliphatic heterocycles. The Morgan fingerprint density at radius 1 is 1.25 bits per heavy atom. The first-order chi connectivity index (χ1) is 7.61. The summed E-state index contributed by atoms with van der Waals surface area (Å²) in [6.07, 6.45) is 0.566. The van der Waals surface area contributed by atoms with Crippen molar-refractivity contribution in [3.8, 4) is 17.1 Å². The van der Waals surface area contributed by atoms with Gasteiger partial charge in [-0.05, 0) is 12.1 Å². The molecule has 82 valence electrons. The normalized spacial score (nSPS) is 10.4. The average molecular weight is 258 g/mol. The lowest BCUT2D eigenvalue weighted by Crippen LogP contribution is -1.77. The number of aldehydes is 1. The van der Waals surface area contributed by atoms with Gasteiger partial charge in [-0.2, -0.15) is 0 Å². The number of hydrogen-bond acceptors (Lipinski definition) is 4. The van der Waals surface area contributed by atoms with Crippen LogP contribution in [0.15, 0.2) is 22.7 Å². The topological polar surface area (TPSA) is 63.3 Å². The fraction of sp³-hybridized carbons (Fsp3) is 0. The maximum absolute atomic E-state index is 10.4. The molecule has 0 amide bonds. The molecule has 1 heterocycles. The molecule has 0 fully saturated rings. The molecule has 0 atom stereocenters. The summed E-state index contributed by atoms with van der Waals surface area (Å²) in [5.41, 5.74) is 0.712. The number of nitrogens with zero attached hydrogens (tertiary/aromatic N) is 1. The maximum atomic E-state index is 10.4. The Bertz CT molecular complexity index is 528. The summed E-state index contributed by atoms with van der Waals surface area (Å²) in [5, 5.41) is 13.1. The van der Waals surface area contributed by atoms with Crippen molar-refractivity contribution in [3.05, 3.63) is 33.9 Å². The van der Waals surface area contributed by atoms with E-state index in [4.69, 9.17) is 27.7 Å². The van der Waals surface area contributed by atoms with Gasteiger partial charge >= 0.3 is 0 Å². The standard InChI is InChI=1S/C10H5Cl2NO3/c11-7-1-5(2-8(12)10(7)15)9-3-6(4-14)13-16-9/h1-4,15H.